The second-order valence-corrected chi connectivity index (χ2v) is 7.98. The molecule has 0 radical (unpaired) electrons. The van der Waals surface area contributed by atoms with Gasteiger partial charge in [0.2, 0.25) is 10.0 Å². The number of sulfonamides is 1. The molecule has 1 aliphatic rings. The fourth-order valence-corrected chi connectivity index (χ4v) is 3.86. The van der Waals surface area contributed by atoms with Gasteiger partial charge in [-0.2, -0.15) is 0 Å². The quantitative estimate of drug-likeness (QED) is 0.609. The number of aliphatic imine (C=N–C) groups is 1. The molecule has 1 aromatic carbocycles. The topological polar surface area (TPSA) is 82.6 Å². The summed E-state index contributed by atoms with van der Waals surface area (Å²) in [6.45, 7) is 7.57. The van der Waals surface area contributed by atoms with Gasteiger partial charge in [-0.3, -0.25) is 4.99 Å². The summed E-state index contributed by atoms with van der Waals surface area (Å²) in [4.78, 5) is 4.62. The molecule has 0 aromatic heterocycles. The molecule has 23 heavy (non-hydrogen) atoms. The van der Waals surface area contributed by atoms with Gasteiger partial charge in [-0.05, 0) is 38.8 Å². The van der Waals surface area contributed by atoms with Crippen molar-refractivity contribution in [2.45, 2.75) is 44.2 Å². The first-order valence-electron chi connectivity index (χ1n) is 7.42. The standard InChI is InChI=1S/C15H24N4O2S.HI/c1-15(2,3)19-22(20,21)13-8-5-4-7-12(13)11-18-14-16-9-6-10-17-14;/h4-5,7-8,19H,6,9-11H2,1-3H3,(H2,16,17,18);1H. The van der Waals surface area contributed by atoms with Crippen molar-refractivity contribution < 1.29 is 8.42 Å². The molecule has 0 saturated carbocycles. The zero-order valence-corrected chi connectivity index (χ0v) is 16.9. The number of rotatable bonds is 4. The van der Waals surface area contributed by atoms with Crippen molar-refractivity contribution in [2.24, 2.45) is 4.99 Å². The molecule has 0 aliphatic carbocycles. The second kappa shape index (κ2) is 8.29. The number of hydrogen-bond donors (Lipinski definition) is 3. The Balaban J connectivity index is 0.00000264. The predicted octanol–water partition coefficient (Wildman–Crippen LogP) is 1.82. The van der Waals surface area contributed by atoms with Gasteiger partial charge in [-0.15, -0.1) is 24.0 Å². The summed E-state index contributed by atoms with van der Waals surface area (Å²) >= 11 is 0. The lowest BCUT2D eigenvalue weighted by molar-refractivity contribution is 0.491. The van der Waals surface area contributed by atoms with E-state index in [2.05, 4.69) is 20.3 Å². The first-order chi connectivity index (χ1) is 10.3. The SMILES string of the molecule is CC(C)(C)NS(=O)(=O)c1ccccc1CNC1=NCCCN1.I. The van der Waals surface area contributed by atoms with E-state index in [0.717, 1.165) is 25.5 Å². The van der Waals surface area contributed by atoms with E-state index in [-0.39, 0.29) is 24.0 Å². The van der Waals surface area contributed by atoms with Crippen LogP contribution in [0.2, 0.25) is 0 Å². The average Bonchev–Trinajstić information content (AvgIpc) is 2.44. The van der Waals surface area contributed by atoms with Crippen LogP contribution in [-0.4, -0.2) is 33.0 Å². The summed E-state index contributed by atoms with van der Waals surface area (Å²) in [7, 11) is -3.55. The molecule has 0 fully saturated rings. The molecule has 1 aliphatic heterocycles. The molecule has 0 spiro atoms. The molecule has 0 bridgehead atoms. The molecule has 6 nitrogen and oxygen atoms in total. The van der Waals surface area contributed by atoms with Gasteiger partial charge in [0.25, 0.3) is 0 Å². The number of hydrogen-bond acceptors (Lipinski definition) is 5. The highest BCUT2D eigenvalue weighted by Gasteiger charge is 2.24. The van der Waals surface area contributed by atoms with E-state index in [1.807, 2.05) is 32.9 Å². The predicted molar refractivity (Wildman–Crippen MR) is 104 cm³/mol. The highest BCUT2D eigenvalue weighted by Crippen LogP contribution is 2.17. The fourth-order valence-electron chi connectivity index (χ4n) is 2.20. The molecule has 0 unspecified atom stereocenters. The van der Waals surface area contributed by atoms with Gasteiger partial charge in [0.05, 0.1) is 4.90 Å². The van der Waals surface area contributed by atoms with Gasteiger partial charge >= 0.3 is 0 Å². The summed E-state index contributed by atoms with van der Waals surface area (Å²) in [6.07, 6.45) is 1.02. The van der Waals surface area contributed by atoms with Crippen LogP contribution in [0.1, 0.15) is 32.8 Å². The molecule has 0 amide bonds. The van der Waals surface area contributed by atoms with E-state index in [9.17, 15) is 8.42 Å². The summed E-state index contributed by atoms with van der Waals surface area (Å²) in [5, 5.41) is 6.32. The Labute approximate surface area is 155 Å². The lowest BCUT2D eigenvalue weighted by atomic mass is 10.1. The van der Waals surface area contributed by atoms with Gasteiger partial charge in [-0.25, -0.2) is 13.1 Å². The van der Waals surface area contributed by atoms with E-state index in [1.165, 1.54) is 0 Å². The minimum Gasteiger partial charge on any atom is -0.356 e. The van der Waals surface area contributed by atoms with Crippen molar-refractivity contribution in [3.05, 3.63) is 29.8 Å². The van der Waals surface area contributed by atoms with Crippen LogP contribution in [0, 0.1) is 0 Å². The number of halogens is 1. The monoisotopic (exact) mass is 452 g/mol. The Bertz CT molecular complexity index is 654. The summed E-state index contributed by atoms with van der Waals surface area (Å²) in [5.41, 5.74) is 0.198. The maximum absolute atomic E-state index is 12.5. The zero-order chi connectivity index (χ0) is 16.2. The number of nitrogens with zero attached hydrogens (tertiary/aromatic N) is 1. The summed E-state index contributed by atoms with van der Waals surface area (Å²) in [6, 6.07) is 7.01. The van der Waals surface area contributed by atoms with Crippen LogP contribution in [0.5, 0.6) is 0 Å². The summed E-state index contributed by atoms with van der Waals surface area (Å²) < 4.78 is 27.8. The van der Waals surface area contributed by atoms with Crippen molar-refractivity contribution in [1.29, 1.82) is 0 Å². The Morgan fingerprint density at radius 1 is 1.26 bits per heavy atom. The van der Waals surface area contributed by atoms with Crippen LogP contribution in [-0.2, 0) is 16.6 Å². The largest absolute Gasteiger partial charge is 0.356 e. The van der Waals surface area contributed by atoms with Crippen LogP contribution in [0.4, 0.5) is 0 Å². The minimum absolute atomic E-state index is 0. The Morgan fingerprint density at radius 3 is 2.57 bits per heavy atom. The van der Waals surface area contributed by atoms with Crippen molar-refractivity contribution in [3.8, 4) is 0 Å². The smallest absolute Gasteiger partial charge is 0.241 e. The lowest BCUT2D eigenvalue weighted by Gasteiger charge is -2.22. The van der Waals surface area contributed by atoms with Crippen molar-refractivity contribution >= 4 is 40.0 Å². The molecule has 3 N–H and O–H groups in total. The first-order valence-corrected chi connectivity index (χ1v) is 8.90. The van der Waals surface area contributed by atoms with Crippen molar-refractivity contribution in [2.75, 3.05) is 13.1 Å². The Hall–Kier alpha value is -0.870. The molecule has 8 heteroatoms. The van der Waals surface area contributed by atoms with E-state index < -0.39 is 15.6 Å². The van der Waals surface area contributed by atoms with Gasteiger partial charge in [0.1, 0.15) is 0 Å². The van der Waals surface area contributed by atoms with E-state index >= 15 is 0 Å². The maximum atomic E-state index is 12.5. The average molecular weight is 452 g/mol. The number of benzene rings is 1. The highest BCUT2D eigenvalue weighted by atomic mass is 127. The van der Waals surface area contributed by atoms with Crippen molar-refractivity contribution in [1.82, 2.24) is 15.4 Å². The molecular weight excluding hydrogens is 427 g/mol. The van der Waals surface area contributed by atoms with Crippen LogP contribution in [0.3, 0.4) is 0 Å². The second-order valence-electron chi connectivity index (χ2n) is 6.33. The normalized spacial score (nSPS) is 15.2. The van der Waals surface area contributed by atoms with E-state index in [0.29, 0.717) is 17.0 Å². The molecule has 1 aromatic rings. The highest BCUT2D eigenvalue weighted by molar-refractivity contribution is 14.0. The third-order valence-corrected chi connectivity index (χ3v) is 4.90. The molecule has 1 heterocycles. The van der Waals surface area contributed by atoms with Gasteiger partial charge in [-0.1, -0.05) is 18.2 Å². The van der Waals surface area contributed by atoms with Gasteiger partial charge in [0.15, 0.2) is 5.96 Å². The van der Waals surface area contributed by atoms with Gasteiger partial charge < -0.3 is 10.6 Å². The molecule has 0 atom stereocenters. The van der Waals surface area contributed by atoms with Crippen LogP contribution >= 0.6 is 24.0 Å². The van der Waals surface area contributed by atoms with Crippen LogP contribution in [0.15, 0.2) is 34.2 Å². The minimum atomic E-state index is -3.55. The van der Waals surface area contributed by atoms with E-state index in [4.69, 9.17) is 0 Å². The zero-order valence-electron chi connectivity index (χ0n) is 13.7. The first kappa shape index (κ1) is 20.2. The lowest BCUT2D eigenvalue weighted by Crippen LogP contribution is -2.42. The third-order valence-electron chi connectivity index (χ3n) is 3.05. The molecule has 130 valence electrons. The van der Waals surface area contributed by atoms with Gasteiger partial charge in [0, 0.05) is 25.2 Å². The van der Waals surface area contributed by atoms with Crippen molar-refractivity contribution in [3.63, 3.8) is 0 Å². The van der Waals surface area contributed by atoms with Crippen LogP contribution < -0.4 is 15.4 Å². The fraction of sp³-hybridized carbons (Fsp3) is 0.533. The molecule has 2 rings (SSSR count). The van der Waals surface area contributed by atoms with E-state index in [1.54, 1.807) is 12.1 Å². The Morgan fingerprint density at radius 2 is 1.96 bits per heavy atom. The number of nitrogens with one attached hydrogen (secondary N) is 3. The summed E-state index contributed by atoms with van der Waals surface area (Å²) in [5.74, 6) is 0.724. The number of guanidine groups is 1. The molecule has 0 saturated heterocycles. The maximum Gasteiger partial charge on any atom is 0.241 e. The Kier molecular flexibility index (Phi) is 7.28. The van der Waals surface area contributed by atoms with Crippen LogP contribution in [0.25, 0.3) is 0 Å². The molecular formula is C15H25IN4O2S. The third kappa shape index (κ3) is 6.27.